The summed E-state index contributed by atoms with van der Waals surface area (Å²) in [6, 6.07) is 3.08. The lowest BCUT2D eigenvalue weighted by Crippen LogP contribution is -2.44. The predicted octanol–water partition coefficient (Wildman–Crippen LogP) is 2.49. The van der Waals surface area contributed by atoms with Crippen molar-refractivity contribution >= 4 is 43.5 Å². The van der Waals surface area contributed by atoms with E-state index in [9.17, 15) is 13.2 Å². The van der Waals surface area contributed by atoms with E-state index >= 15 is 0 Å². The van der Waals surface area contributed by atoms with E-state index in [0.29, 0.717) is 4.47 Å². The Morgan fingerprint density at radius 1 is 1.42 bits per heavy atom. The molecule has 0 fully saturated rings. The number of nitrogens with one attached hydrogen (secondary N) is 1. The van der Waals surface area contributed by atoms with Gasteiger partial charge in [0.2, 0.25) is 10.0 Å². The van der Waals surface area contributed by atoms with Crippen LogP contribution >= 0.6 is 27.5 Å². The molecule has 2 N–H and O–H groups in total. The number of rotatable bonds is 5. The molecule has 0 unspecified atom stereocenters. The Labute approximate surface area is 125 Å². The molecule has 0 saturated carbocycles. The Kier molecular flexibility index (Phi) is 5.37. The molecular formula is C11H13BrClNO4S. The molecule has 0 aliphatic heterocycles. The van der Waals surface area contributed by atoms with Gasteiger partial charge >= 0.3 is 5.97 Å². The van der Waals surface area contributed by atoms with Gasteiger partial charge in [0.1, 0.15) is 6.04 Å². The van der Waals surface area contributed by atoms with Crippen LogP contribution in [0.1, 0.15) is 13.8 Å². The van der Waals surface area contributed by atoms with Crippen molar-refractivity contribution in [2.24, 2.45) is 5.92 Å². The van der Waals surface area contributed by atoms with Crippen LogP contribution in [0.5, 0.6) is 0 Å². The number of hydrogen-bond donors (Lipinski definition) is 2. The summed E-state index contributed by atoms with van der Waals surface area (Å²) in [6.07, 6.45) is 0. The van der Waals surface area contributed by atoms with E-state index in [0.717, 1.165) is 0 Å². The lowest BCUT2D eigenvalue weighted by molar-refractivity contribution is -0.140. The Morgan fingerprint density at radius 3 is 2.47 bits per heavy atom. The molecule has 1 rings (SSSR count). The van der Waals surface area contributed by atoms with Gasteiger partial charge in [-0.3, -0.25) is 4.79 Å². The molecule has 0 heterocycles. The second-order valence-corrected chi connectivity index (χ2v) is 7.23. The fourth-order valence-electron chi connectivity index (χ4n) is 1.39. The van der Waals surface area contributed by atoms with Crippen molar-refractivity contribution in [1.82, 2.24) is 4.72 Å². The number of hydrogen-bond acceptors (Lipinski definition) is 3. The van der Waals surface area contributed by atoms with Crippen molar-refractivity contribution < 1.29 is 18.3 Å². The Bertz CT molecular complexity index is 588. The summed E-state index contributed by atoms with van der Waals surface area (Å²) < 4.78 is 26.8. The second-order valence-electron chi connectivity index (χ2n) is 4.26. The first-order chi connectivity index (χ1) is 8.65. The molecule has 0 bridgehead atoms. The van der Waals surface area contributed by atoms with E-state index in [-0.39, 0.29) is 15.8 Å². The van der Waals surface area contributed by atoms with Gasteiger partial charge in [0.05, 0.1) is 4.90 Å². The third-order valence-electron chi connectivity index (χ3n) is 2.40. The molecule has 1 atom stereocenters. The van der Waals surface area contributed by atoms with Gasteiger partial charge in [-0.15, -0.1) is 0 Å². The van der Waals surface area contributed by atoms with Crippen LogP contribution in [0, 0.1) is 5.92 Å². The molecule has 0 amide bonds. The van der Waals surface area contributed by atoms with Gasteiger partial charge in [0.25, 0.3) is 0 Å². The predicted molar refractivity (Wildman–Crippen MR) is 75.7 cm³/mol. The summed E-state index contributed by atoms with van der Waals surface area (Å²) in [5, 5.41) is 9.26. The van der Waals surface area contributed by atoms with Crippen LogP contribution in [0.4, 0.5) is 0 Å². The van der Waals surface area contributed by atoms with Crippen LogP contribution in [-0.2, 0) is 14.8 Å². The van der Waals surface area contributed by atoms with Crippen LogP contribution in [0.25, 0.3) is 0 Å². The van der Waals surface area contributed by atoms with Crippen molar-refractivity contribution in [2.75, 3.05) is 0 Å². The molecule has 5 nitrogen and oxygen atoms in total. The van der Waals surface area contributed by atoms with Crippen LogP contribution < -0.4 is 4.72 Å². The van der Waals surface area contributed by atoms with Crippen molar-refractivity contribution in [3.8, 4) is 0 Å². The second kappa shape index (κ2) is 6.21. The highest BCUT2D eigenvalue weighted by molar-refractivity contribution is 9.10. The summed E-state index contributed by atoms with van der Waals surface area (Å²) in [5.41, 5.74) is 0. The molecule has 0 spiro atoms. The van der Waals surface area contributed by atoms with E-state index in [4.69, 9.17) is 16.7 Å². The Balaban J connectivity index is 3.17. The maximum absolute atomic E-state index is 12.2. The zero-order chi connectivity index (χ0) is 14.8. The SMILES string of the molecule is CC(C)[C@H](NS(=O)(=O)c1cc(Cl)ccc1Br)C(=O)O. The standard InChI is InChI=1S/C11H13BrClNO4S/c1-6(2)10(11(15)16)14-19(17,18)9-5-7(13)3-4-8(9)12/h3-6,10,14H,1-2H3,(H,15,16)/t10-/m0/s1. The minimum Gasteiger partial charge on any atom is -0.480 e. The third-order valence-corrected chi connectivity index (χ3v) is 5.07. The van der Waals surface area contributed by atoms with Gasteiger partial charge in [-0.25, -0.2) is 8.42 Å². The minimum absolute atomic E-state index is 0.0908. The lowest BCUT2D eigenvalue weighted by Gasteiger charge is -2.18. The minimum atomic E-state index is -3.96. The number of aliphatic carboxylic acids is 1. The molecule has 0 aliphatic carbocycles. The summed E-state index contributed by atoms with van der Waals surface area (Å²) >= 11 is 8.86. The highest BCUT2D eigenvalue weighted by Crippen LogP contribution is 2.25. The van der Waals surface area contributed by atoms with Crippen molar-refractivity contribution in [1.29, 1.82) is 0 Å². The van der Waals surface area contributed by atoms with E-state index in [1.54, 1.807) is 13.8 Å². The quantitative estimate of drug-likeness (QED) is 0.834. The fraction of sp³-hybridized carbons (Fsp3) is 0.364. The number of carboxylic acid groups (broad SMARTS) is 1. The highest BCUT2D eigenvalue weighted by Gasteiger charge is 2.29. The van der Waals surface area contributed by atoms with E-state index in [1.165, 1.54) is 18.2 Å². The summed E-state index contributed by atoms with van der Waals surface area (Å²) in [6.45, 7) is 3.24. The normalized spacial score (nSPS) is 13.5. The Morgan fingerprint density at radius 2 is 2.00 bits per heavy atom. The molecule has 1 aromatic rings. The van der Waals surface area contributed by atoms with Gasteiger partial charge in [0.15, 0.2) is 0 Å². The monoisotopic (exact) mass is 369 g/mol. The topological polar surface area (TPSA) is 83.5 Å². The first-order valence-electron chi connectivity index (χ1n) is 5.35. The molecule has 1 aromatic carbocycles. The van der Waals surface area contributed by atoms with Crippen molar-refractivity contribution in [3.63, 3.8) is 0 Å². The number of halogens is 2. The largest absolute Gasteiger partial charge is 0.480 e. The molecule has 8 heteroatoms. The summed E-state index contributed by atoms with van der Waals surface area (Å²) in [4.78, 5) is 10.9. The van der Waals surface area contributed by atoms with Gasteiger partial charge in [-0.05, 0) is 40.0 Å². The number of benzene rings is 1. The zero-order valence-corrected chi connectivity index (χ0v) is 13.4. The van der Waals surface area contributed by atoms with Crippen molar-refractivity contribution in [3.05, 3.63) is 27.7 Å². The van der Waals surface area contributed by atoms with E-state index in [2.05, 4.69) is 20.7 Å². The number of carbonyl (C=O) groups is 1. The molecule has 106 valence electrons. The van der Waals surface area contributed by atoms with Gasteiger partial charge in [-0.1, -0.05) is 25.4 Å². The van der Waals surface area contributed by atoms with Crippen LogP contribution in [0.2, 0.25) is 5.02 Å². The summed E-state index contributed by atoms with van der Waals surface area (Å²) in [7, 11) is -3.96. The van der Waals surface area contributed by atoms with Gasteiger partial charge in [0, 0.05) is 9.50 Å². The average Bonchev–Trinajstić information content (AvgIpc) is 2.28. The first-order valence-corrected chi connectivity index (χ1v) is 8.00. The van der Waals surface area contributed by atoms with Gasteiger partial charge in [-0.2, -0.15) is 4.72 Å². The first kappa shape index (κ1) is 16.4. The lowest BCUT2D eigenvalue weighted by atomic mass is 10.1. The molecule has 0 saturated heterocycles. The molecule has 19 heavy (non-hydrogen) atoms. The number of sulfonamides is 1. The highest BCUT2D eigenvalue weighted by atomic mass is 79.9. The maximum Gasteiger partial charge on any atom is 0.322 e. The van der Waals surface area contributed by atoms with Crippen LogP contribution in [0.3, 0.4) is 0 Å². The molecule has 0 radical (unpaired) electrons. The third kappa shape index (κ3) is 4.17. The van der Waals surface area contributed by atoms with E-state index in [1.807, 2.05) is 0 Å². The Hall–Kier alpha value is -0.630. The van der Waals surface area contributed by atoms with Crippen LogP contribution in [-0.4, -0.2) is 25.5 Å². The molecule has 0 aliphatic rings. The molecule has 0 aromatic heterocycles. The fourth-order valence-corrected chi connectivity index (χ4v) is 3.95. The van der Waals surface area contributed by atoms with Crippen LogP contribution in [0.15, 0.2) is 27.6 Å². The molecular weight excluding hydrogens is 358 g/mol. The van der Waals surface area contributed by atoms with Crippen molar-refractivity contribution in [2.45, 2.75) is 24.8 Å². The smallest absolute Gasteiger partial charge is 0.322 e. The van der Waals surface area contributed by atoms with E-state index < -0.39 is 22.0 Å². The number of carboxylic acids is 1. The van der Waals surface area contributed by atoms with Gasteiger partial charge < -0.3 is 5.11 Å². The summed E-state index contributed by atoms with van der Waals surface area (Å²) in [5.74, 6) is -1.61. The average molecular weight is 371 g/mol. The zero-order valence-electron chi connectivity index (χ0n) is 10.2. The maximum atomic E-state index is 12.2.